The number of aliphatic hydroxyl groups excluding tert-OH is 1. The zero-order valence-corrected chi connectivity index (χ0v) is 16.1. The maximum Gasteiger partial charge on any atom is 0.328 e. The fourth-order valence-electron chi connectivity index (χ4n) is 3.42. The standard InChI is InChI=1S/C18H23N3O5S/c1-3-13-9-20(18(24)19-17(13)23)14-8-15(11-22)21(10-14)27(25,26)16-6-4-12(2)5-7-16/h4-7,9,14-15,22H,3,8,10-11H2,1-2H3,(H,19,23,24)/t14-,15-/m0/s1. The lowest BCUT2D eigenvalue weighted by Gasteiger charge is -2.22. The normalized spacial score (nSPS) is 20.9. The van der Waals surface area contributed by atoms with Gasteiger partial charge in [0.1, 0.15) is 0 Å². The number of aryl methyl sites for hydroxylation is 2. The topological polar surface area (TPSA) is 112 Å². The number of rotatable bonds is 5. The first kappa shape index (κ1) is 19.5. The highest BCUT2D eigenvalue weighted by Gasteiger charge is 2.41. The van der Waals surface area contributed by atoms with E-state index >= 15 is 0 Å². The van der Waals surface area contributed by atoms with Gasteiger partial charge in [0.2, 0.25) is 10.0 Å². The summed E-state index contributed by atoms with van der Waals surface area (Å²) in [6.07, 6.45) is 2.23. The number of sulfonamides is 1. The van der Waals surface area contributed by atoms with Crippen LogP contribution in [0.3, 0.4) is 0 Å². The summed E-state index contributed by atoms with van der Waals surface area (Å²) in [6, 6.07) is 5.41. The molecule has 8 nitrogen and oxygen atoms in total. The minimum absolute atomic E-state index is 0.0521. The zero-order valence-electron chi connectivity index (χ0n) is 15.3. The van der Waals surface area contributed by atoms with Crippen molar-refractivity contribution < 1.29 is 13.5 Å². The number of nitrogens with one attached hydrogen (secondary N) is 1. The number of nitrogens with zero attached hydrogens (tertiary/aromatic N) is 2. The highest BCUT2D eigenvalue weighted by Crippen LogP contribution is 2.31. The van der Waals surface area contributed by atoms with Crippen LogP contribution in [0, 0.1) is 6.92 Å². The number of benzene rings is 1. The van der Waals surface area contributed by atoms with Gasteiger partial charge in [-0.05, 0) is 31.9 Å². The van der Waals surface area contributed by atoms with Gasteiger partial charge in [0.15, 0.2) is 0 Å². The largest absolute Gasteiger partial charge is 0.395 e. The van der Waals surface area contributed by atoms with Crippen molar-refractivity contribution in [2.45, 2.75) is 43.7 Å². The van der Waals surface area contributed by atoms with E-state index < -0.39 is 33.4 Å². The van der Waals surface area contributed by atoms with E-state index in [0.717, 1.165) is 5.56 Å². The smallest absolute Gasteiger partial charge is 0.328 e. The molecular formula is C18H23N3O5S. The molecule has 1 saturated heterocycles. The zero-order chi connectivity index (χ0) is 19.8. The Kier molecular flexibility index (Phi) is 5.36. The van der Waals surface area contributed by atoms with Crippen LogP contribution in [0.2, 0.25) is 0 Å². The minimum atomic E-state index is -3.81. The van der Waals surface area contributed by atoms with Crippen molar-refractivity contribution in [2.24, 2.45) is 0 Å². The first-order valence-electron chi connectivity index (χ1n) is 8.81. The van der Waals surface area contributed by atoms with Crippen molar-refractivity contribution in [1.82, 2.24) is 13.9 Å². The monoisotopic (exact) mass is 393 g/mol. The van der Waals surface area contributed by atoms with Gasteiger partial charge in [-0.15, -0.1) is 0 Å². The van der Waals surface area contributed by atoms with Gasteiger partial charge in [-0.1, -0.05) is 24.6 Å². The molecule has 1 aliphatic rings. The van der Waals surface area contributed by atoms with E-state index in [2.05, 4.69) is 4.98 Å². The molecule has 2 atom stereocenters. The number of H-pyrrole nitrogens is 1. The van der Waals surface area contributed by atoms with E-state index in [-0.39, 0.29) is 24.5 Å². The maximum absolute atomic E-state index is 13.0. The molecule has 1 aromatic heterocycles. The van der Waals surface area contributed by atoms with Crippen LogP contribution in [0.15, 0.2) is 44.9 Å². The Balaban J connectivity index is 1.97. The quantitative estimate of drug-likeness (QED) is 0.764. The molecule has 0 aliphatic carbocycles. The van der Waals surface area contributed by atoms with Gasteiger partial charge in [-0.2, -0.15) is 4.31 Å². The van der Waals surface area contributed by atoms with E-state index in [1.54, 1.807) is 19.1 Å². The van der Waals surface area contributed by atoms with Crippen LogP contribution >= 0.6 is 0 Å². The van der Waals surface area contributed by atoms with Crippen LogP contribution in [0.25, 0.3) is 0 Å². The molecule has 2 N–H and O–H groups in total. The SMILES string of the molecule is CCc1cn([C@H]2C[C@@H](CO)N(S(=O)(=O)c3ccc(C)cc3)C2)c(=O)[nH]c1=O. The molecule has 3 rings (SSSR count). The second-order valence-electron chi connectivity index (χ2n) is 6.79. The summed E-state index contributed by atoms with van der Waals surface area (Å²) >= 11 is 0. The second kappa shape index (κ2) is 7.41. The Bertz CT molecular complexity index is 1040. The maximum atomic E-state index is 13.0. The molecule has 9 heteroatoms. The van der Waals surface area contributed by atoms with Crippen molar-refractivity contribution in [3.05, 3.63) is 62.4 Å². The Morgan fingerprint density at radius 3 is 2.48 bits per heavy atom. The molecule has 0 unspecified atom stereocenters. The first-order valence-corrected chi connectivity index (χ1v) is 10.3. The molecule has 27 heavy (non-hydrogen) atoms. The van der Waals surface area contributed by atoms with Crippen molar-refractivity contribution in [3.8, 4) is 0 Å². The van der Waals surface area contributed by atoms with Gasteiger partial charge in [-0.25, -0.2) is 13.2 Å². The molecule has 1 fully saturated rings. The van der Waals surface area contributed by atoms with E-state index in [4.69, 9.17) is 0 Å². The fourth-order valence-corrected chi connectivity index (χ4v) is 5.08. The van der Waals surface area contributed by atoms with Crippen LogP contribution in [0.1, 0.15) is 30.5 Å². The van der Waals surface area contributed by atoms with Gasteiger partial charge in [0.25, 0.3) is 5.56 Å². The molecule has 1 aliphatic heterocycles. The summed E-state index contributed by atoms with van der Waals surface area (Å²) < 4.78 is 28.7. The van der Waals surface area contributed by atoms with Crippen LogP contribution in [0.5, 0.6) is 0 Å². The van der Waals surface area contributed by atoms with Crippen molar-refractivity contribution in [2.75, 3.05) is 13.2 Å². The predicted octanol–water partition coefficient (Wildman–Crippen LogP) is 0.404. The molecule has 146 valence electrons. The van der Waals surface area contributed by atoms with Crippen molar-refractivity contribution >= 4 is 10.0 Å². The molecule has 2 aromatic rings. The Labute approximate surface area is 157 Å². The number of hydrogen-bond donors (Lipinski definition) is 2. The first-order chi connectivity index (χ1) is 12.8. The van der Waals surface area contributed by atoms with Crippen LogP contribution < -0.4 is 11.2 Å². The molecule has 0 spiro atoms. The van der Waals surface area contributed by atoms with E-state index in [1.807, 2.05) is 6.92 Å². The van der Waals surface area contributed by atoms with E-state index in [1.165, 1.54) is 27.2 Å². The van der Waals surface area contributed by atoms with Gasteiger partial charge < -0.3 is 5.11 Å². The predicted molar refractivity (Wildman–Crippen MR) is 100 cm³/mol. The lowest BCUT2D eigenvalue weighted by atomic mass is 10.1. The minimum Gasteiger partial charge on any atom is -0.395 e. The third-order valence-electron chi connectivity index (χ3n) is 5.00. The lowest BCUT2D eigenvalue weighted by molar-refractivity contribution is 0.213. The summed E-state index contributed by atoms with van der Waals surface area (Å²) in [7, 11) is -3.81. The van der Waals surface area contributed by atoms with Crippen LogP contribution in [0.4, 0.5) is 0 Å². The summed E-state index contributed by atoms with van der Waals surface area (Å²) in [5, 5.41) is 9.72. The highest BCUT2D eigenvalue weighted by molar-refractivity contribution is 7.89. The Morgan fingerprint density at radius 2 is 1.89 bits per heavy atom. The van der Waals surface area contributed by atoms with Gasteiger partial charge in [-0.3, -0.25) is 14.3 Å². The van der Waals surface area contributed by atoms with Gasteiger partial charge in [0, 0.05) is 18.3 Å². The lowest BCUT2D eigenvalue weighted by Crippen LogP contribution is -2.38. The summed E-state index contributed by atoms with van der Waals surface area (Å²) in [5.41, 5.74) is 0.391. The molecule has 1 aromatic carbocycles. The van der Waals surface area contributed by atoms with Crippen LogP contribution in [-0.2, 0) is 16.4 Å². The fraction of sp³-hybridized carbons (Fsp3) is 0.444. The molecular weight excluding hydrogens is 370 g/mol. The summed E-state index contributed by atoms with van der Waals surface area (Å²) in [4.78, 5) is 26.4. The van der Waals surface area contributed by atoms with Crippen LogP contribution in [-0.4, -0.2) is 46.6 Å². The summed E-state index contributed by atoms with van der Waals surface area (Å²) in [5.74, 6) is 0. The van der Waals surface area contributed by atoms with E-state index in [9.17, 15) is 23.1 Å². The number of aromatic amines is 1. The average molecular weight is 393 g/mol. The third kappa shape index (κ3) is 3.62. The number of hydrogen-bond acceptors (Lipinski definition) is 5. The molecule has 0 bridgehead atoms. The summed E-state index contributed by atoms with van der Waals surface area (Å²) in [6.45, 7) is 3.38. The Morgan fingerprint density at radius 1 is 1.22 bits per heavy atom. The molecule has 0 amide bonds. The second-order valence-corrected chi connectivity index (χ2v) is 8.68. The van der Waals surface area contributed by atoms with Crippen molar-refractivity contribution in [3.63, 3.8) is 0 Å². The molecule has 0 radical (unpaired) electrons. The van der Waals surface area contributed by atoms with E-state index in [0.29, 0.717) is 12.0 Å². The average Bonchev–Trinajstić information content (AvgIpc) is 3.07. The van der Waals surface area contributed by atoms with Gasteiger partial charge in [0.05, 0.1) is 23.6 Å². The third-order valence-corrected chi connectivity index (χ3v) is 6.93. The highest BCUT2D eigenvalue weighted by atomic mass is 32.2. The Hall–Kier alpha value is -2.23. The number of aromatic nitrogens is 2. The number of aliphatic hydroxyl groups is 1. The van der Waals surface area contributed by atoms with Gasteiger partial charge >= 0.3 is 5.69 Å². The molecule has 0 saturated carbocycles. The van der Waals surface area contributed by atoms with Crippen molar-refractivity contribution in [1.29, 1.82) is 0 Å². The molecule has 2 heterocycles.